The van der Waals surface area contributed by atoms with Crippen LogP contribution in [0.3, 0.4) is 0 Å². The van der Waals surface area contributed by atoms with Crippen LogP contribution >= 0.6 is 0 Å². The Morgan fingerprint density at radius 3 is 2.78 bits per heavy atom. The highest BCUT2D eigenvalue weighted by molar-refractivity contribution is 5.47. The van der Waals surface area contributed by atoms with Crippen LogP contribution in [-0.2, 0) is 17.9 Å². The first-order chi connectivity index (χ1) is 15.5. The lowest BCUT2D eigenvalue weighted by atomic mass is 10.2. The Hall–Kier alpha value is -3.53. The molecule has 1 saturated heterocycles. The molecule has 1 aromatic carbocycles. The van der Waals surface area contributed by atoms with E-state index in [1.165, 1.54) is 6.20 Å². The molecule has 5 rings (SSSR count). The molecule has 0 unspecified atom stereocenters. The number of hydrogen-bond donors (Lipinski definition) is 0. The minimum Gasteiger partial charge on any atom is -0.473 e. The summed E-state index contributed by atoms with van der Waals surface area (Å²) in [5.41, 5.74) is 0.565. The van der Waals surface area contributed by atoms with Crippen LogP contribution in [-0.4, -0.2) is 40.3 Å². The van der Waals surface area contributed by atoms with Crippen molar-refractivity contribution in [3.05, 3.63) is 69.9 Å². The SMILES string of the molecule is Cc1ccc(Oc2c(F)cc(COc3cc4n(c(=O)n3)C[C@@H]3COCCN43)cc2F)cn1. The third-order valence-electron chi connectivity index (χ3n) is 5.43. The molecule has 4 heterocycles. The molecule has 2 aliphatic rings. The van der Waals surface area contributed by atoms with Crippen molar-refractivity contribution in [2.75, 3.05) is 24.7 Å². The van der Waals surface area contributed by atoms with Crippen LogP contribution in [0, 0.1) is 18.6 Å². The lowest BCUT2D eigenvalue weighted by Gasteiger charge is -2.30. The van der Waals surface area contributed by atoms with Gasteiger partial charge in [0.2, 0.25) is 5.88 Å². The van der Waals surface area contributed by atoms with Gasteiger partial charge in [0.1, 0.15) is 18.2 Å². The summed E-state index contributed by atoms with van der Waals surface area (Å²) in [5, 5.41) is 0. The monoisotopic (exact) mass is 442 g/mol. The topological polar surface area (TPSA) is 78.7 Å². The molecule has 2 aromatic heterocycles. The Kier molecular flexibility index (Phi) is 5.22. The molecule has 0 N–H and O–H groups in total. The number of morpholine rings is 1. The molecule has 0 saturated carbocycles. The number of fused-ring (bicyclic) bond motifs is 3. The second kappa shape index (κ2) is 8.19. The van der Waals surface area contributed by atoms with Gasteiger partial charge in [0, 0.05) is 18.3 Å². The lowest BCUT2D eigenvalue weighted by Crippen LogP contribution is -2.43. The molecule has 0 radical (unpaired) electrons. The van der Waals surface area contributed by atoms with E-state index in [0.29, 0.717) is 32.1 Å². The van der Waals surface area contributed by atoms with Gasteiger partial charge in [0.15, 0.2) is 17.4 Å². The number of halogens is 2. The highest BCUT2D eigenvalue weighted by Gasteiger charge is 2.33. The summed E-state index contributed by atoms with van der Waals surface area (Å²) >= 11 is 0. The molecule has 32 heavy (non-hydrogen) atoms. The average molecular weight is 442 g/mol. The number of anilines is 1. The molecule has 0 bridgehead atoms. The zero-order valence-electron chi connectivity index (χ0n) is 17.3. The lowest BCUT2D eigenvalue weighted by molar-refractivity contribution is 0.0956. The van der Waals surface area contributed by atoms with E-state index in [9.17, 15) is 13.6 Å². The second-order valence-electron chi connectivity index (χ2n) is 7.68. The van der Waals surface area contributed by atoms with E-state index in [0.717, 1.165) is 17.8 Å². The first-order valence-corrected chi connectivity index (χ1v) is 10.2. The van der Waals surface area contributed by atoms with Crippen molar-refractivity contribution in [1.82, 2.24) is 14.5 Å². The van der Waals surface area contributed by atoms with Gasteiger partial charge in [0.05, 0.1) is 32.0 Å². The summed E-state index contributed by atoms with van der Waals surface area (Å²) in [5.74, 6) is -1.24. The Bertz CT molecular complexity index is 1190. The number of ether oxygens (including phenoxy) is 3. The highest BCUT2D eigenvalue weighted by atomic mass is 19.1. The van der Waals surface area contributed by atoms with Crippen LogP contribution in [0.4, 0.5) is 14.6 Å². The maximum Gasteiger partial charge on any atom is 0.352 e. The fourth-order valence-corrected chi connectivity index (χ4v) is 3.86. The summed E-state index contributed by atoms with van der Waals surface area (Å²) in [6, 6.07) is 7.26. The maximum absolute atomic E-state index is 14.5. The summed E-state index contributed by atoms with van der Waals surface area (Å²) in [7, 11) is 0. The summed E-state index contributed by atoms with van der Waals surface area (Å²) in [6.07, 6.45) is 1.39. The van der Waals surface area contributed by atoms with Crippen molar-refractivity contribution in [3.63, 3.8) is 0 Å². The van der Waals surface area contributed by atoms with Gasteiger partial charge in [-0.05, 0) is 36.8 Å². The quantitative estimate of drug-likeness (QED) is 0.601. The first kappa shape index (κ1) is 20.4. The van der Waals surface area contributed by atoms with Crippen LogP contribution in [0.25, 0.3) is 0 Å². The minimum absolute atomic E-state index is 0.0907. The molecule has 3 aromatic rings. The molecular weight excluding hydrogens is 422 g/mol. The Labute approximate surface area is 182 Å². The normalized spacial score (nSPS) is 17.1. The minimum atomic E-state index is -0.873. The van der Waals surface area contributed by atoms with Crippen LogP contribution in [0.15, 0.2) is 41.3 Å². The molecule has 166 valence electrons. The predicted molar refractivity (Wildman–Crippen MR) is 110 cm³/mol. The van der Waals surface area contributed by atoms with Crippen molar-refractivity contribution in [3.8, 4) is 17.4 Å². The van der Waals surface area contributed by atoms with Crippen molar-refractivity contribution >= 4 is 5.82 Å². The summed E-state index contributed by atoms with van der Waals surface area (Å²) in [4.78, 5) is 22.5. The molecule has 1 fully saturated rings. The number of aromatic nitrogens is 3. The van der Waals surface area contributed by atoms with Crippen molar-refractivity contribution in [2.45, 2.75) is 26.1 Å². The van der Waals surface area contributed by atoms with Crippen molar-refractivity contribution < 1.29 is 23.0 Å². The van der Waals surface area contributed by atoms with Gasteiger partial charge in [-0.25, -0.2) is 13.6 Å². The van der Waals surface area contributed by atoms with Crippen LogP contribution < -0.4 is 20.1 Å². The van der Waals surface area contributed by atoms with Crippen molar-refractivity contribution in [2.24, 2.45) is 0 Å². The van der Waals surface area contributed by atoms with Crippen LogP contribution in [0.1, 0.15) is 11.3 Å². The van der Waals surface area contributed by atoms with Crippen LogP contribution in [0.5, 0.6) is 17.4 Å². The van der Waals surface area contributed by atoms with Gasteiger partial charge in [-0.2, -0.15) is 4.98 Å². The van der Waals surface area contributed by atoms with Gasteiger partial charge >= 0.3 is 5.69 Å². The molecular formula is C22H20F2N4O4. The zero-order valence-corrected chi connectivity index (χ0v) is 17.3. The number of pyridine rings is 1. The number of hydrogen-bond acceptors (Lipinski definition) is 7. The molecule has 1 atom stereocenters. The number of nitrogens with zero attached hydrogens (tertiary/aromatic N) is 4. The van der Waals surface area contributed by atoms with E-state index in [-0.39, 0.29) is 29.8 Å². The van der Waals surface area contributed by atoms with E-state index < -0.39 is 23.1 Å². The standard InChI is InChI=1S/C22H20F2N4O4/c1-13-2-3-16(9-25-13)32-21-17(23)6-14(7-18(21)24)11-31-19-8-20-27-4-5-30-12-15(27)10-28(20)22(29)26-19/h2-3,6-9,15H,4-5,10-12H2,1H3/t15-/m1/s1. The van der Waals surface area contributed by atoms with Gasteiger partial charge in [0.25, 0.3) is 0 Å². The van der Waals surface area contributed by atoms with E-state index in [1.54, 1.807) is 29.7 Å². The average Bonchev–Trinajstić information content (AvgIpc) is 3.16. The number of benzene rings is 1. The largest absolute Gasteiger partial charge is 0.473 e. The number of aryl methyl sites for hydroxylation is 1. The summed E-state index contributed by atoms with van der Waals surface area (Å²) in [6.45, 7) is 3.93. The molecule has 0 aliphatic carbocycles. The molecule has 8 nitrogen and oxygen atoms in total. The Morgan fingerprint density at radius 2 is 2.03 bits per heavy atom. The zero-order chi connectivity index (χ0) is 22.2. The van der Waals surface area contributed by atoms with Gasteiger partial charge in [-0.1, -0.05) is 0 Å². The first-order valence-electron chi connectivity index (χ1n) is 10.2. The Balaban J connectivity index is 1.32. The van der Waals surface area contributed by atoms with Gasteiger partial charge < -0.3 is 19.1 Å². The third kappa shape index (κ3) is 3.89. The fraction of sp³-hybridized carbons (Fsp3) is 0.318. The molecule has 0 amide bonds. The highest BCUT2D eigenvalue weighted by Crippen LogP contribution is 2.30. The maximum atomic E-state index is 14.5. The molecule has 0 spiro atoms. The number of rotatable bonds is 5. The smallest absolute Gasteiger partial charge is 0.352 e. The Morgan fingerprint density at radius 1 is 1.22 bits per heavy atom. The third-order valence-corrected chi connectivity index (χ3v) is 5.43. The van der Waals surface area contributed by atoms with Gasteiger partial charge in [-0.3, -0.25) is 9.55 Å². The molecule has 10 heteroatoms. The van der Waals surface area contributed by atoms with E-state index in [4.69, 9.17) is 14.2 Å². The second-order valence-corrected chi connectivity index (χ2v) is 7.68. The van der Waals surface area contributed by atoms with E-state index >= 15 is 0 Å². The summed E-state index contributed by atoms with van der Waals surface area (Å²) < 4.78 is 47.0. The van der Waals surface area contributed by atoms with E-state index in [2.05, 4.69) is 14.9 Å². The van der Waals surface area contributed by atoms with E-state index in [1.807, 2.05) is 0 Å². The fourth-order valence-electron chi connectivity index (χ4n) is 3.86. The van der Waals surface area contributed by atoms with Crippen molar-refractivity contribution in [1.29, 1.82) is 0 Å². The predicted octanol–water partition coefficient (Wildman–Crippen LogP) is 2.82. The van der Waals surface area contributed by atoms with Gasteiger partial charge in [-0.15, -0.1) is 0 Å². The van der Waals surface area contributed by atoms with Crippen LogP contribution in [0.2, 0.25) is 0 Å². The molecule has 2 aliphatic heterocycles.